The van der Waals surface area contributed by atoms with E-state index in [9.17, 15) is 14.4 Å². The maximum Gasteiger partial charge on any atom is 0.326 e. The number of hydrogen-bond donors (Lipinski definition) is 5. The highest BCUT2D eigenvalue weighted by Crippen LogP contribution is 2.00. The zero-order valence-electron chi connectivity index (χ0n) is 10.4. The van der Waals surface area contributed by atoms with E-state index in [0.29, 0.717) is 6.42 Å². The molecule has 0 radical (unpaired) electrons. The van der Waals surface area contributed by atoms with Crippen molar-refractivity contribution in [2.75, 3.05) is 13.1 Å². The van der Waals surface area contributed by atoms with E-state index >= 15 is 0 Å². The summed E-state index contributed by atoms with van der Waals surface area (Å²) in [5.41, 5.74) is 4.83. The summed E-state index contributed by atoms with van der Waals surface area (Å²) in [6, 6.07) is -2.15. The van der Waals surface area contributed by atoms with Crippen LogP contribution < -0.4 is 21.7 Å². The van der Waals surface area contributed by atoms with E-state index in [1.165, 1.54) is 0 Å². The quantitative estimate of drug-likeness (QED) is 0.379. The lowest BCUT2D eigenvalue weighted by atomic mass is 10.1. The van der Waals surface area contributed by atoms with Crippen molar-refractivity contribution in [3.05, 3.63) is 0 Å². The Morgan fingerprint density at radius 1 is 1.22 bits per heavy atom. The normalized spacial score (nSPS) is 11.4. The smallest absolute Gasteiger partial charge is 0.326 e. The average molecular weight is 260 g/mol. The Morgan fingerprint density at radius 2 is 1.83 bits per heavy atom. The van der Waals surface area contributed by atoms with Gasteiger partial charge in [-0.2, -0.15) is 0 Å². The number of nitrogens with one attached hydrogen (secondary N) is 3. The third-order valence-corrected chi connectivity index (χ3v) is 2.16. The molecule has 0 spiro atoms. The number of hydrogen-bond acceptors (Lipinski definition) is 3. The van der Waals surface area contributed by atoms with Crippen molar-refractivity contribution in [2.24, 2.45) is 5.73 Å². The van der Waals surface area contributed by atoms with E-state index in [0.717, 1.165) is 12.8 Å². The van der Waals surface area contributed by atoms with Crippen LogP contribution in [0.4, 0.5) is 9.59 Å². The number of amides is 4. The molecule has 0 rings (SSSR count). The third-order valence-electron chi connectivity index (χ3n) is 2.16. The minimum Gasteiger partial charge on any atom is -0.480 e. The van der Waals surface area contributed by atoms with Gasteiger partial charge in [0, 0.05) is 13.1 Å². The summed E-state index contributed by atoms with van der Waals surface area (Å²) in [4.78, 5) is 32.5. The van der Waals surface area contributed by atoms with E-state index in [4.69, 9.17) is 10.8 Å². The van der Waals surface area contributed by atoms with Gasteiger partial charge in [-0.15, -0.1) is 0 Å². The summed E-state index contributed by atoms with van der Waals surface area (Å²) in [5.74, 6) is -1.06. The predicted molar refractivity (Wildman–Crippen MR) is 65.1 cm³/mol. The van der Waals surface area contributed by atoms with Crippen LogP contribution in [0.3, 0.4) is 0 Å². The number of carbonyl (C=O) groups is 3. The van der Waals surface area contributed by atoms with Crippen LogP contribution in [0.2, 0.25) is 0 Å². The van der Waals surface area contributed by atoms with Gasteiger partial charge < -0.3 is 26.8 Å². The Labute approximate surface area is 105 Å². The van der Waals surface area contributed by atoms with Gasteiger partial charge in [-0.05, 0) is 6.42 Å². The predicted octanol–water partition coefficient (Wildman–Crippen LogP) is -0.403. The molecule has 8 nitrogen and oxygen atoms in total. The fourth-order valence-electron chi connectivity index (χ4n) is 1.24. The van der Waals surface area contributed by atoms with Gasteiger partial charge in [-0.3, -0.25) is 0 Å². The molecule has 0 bridgehead atoms. The van der Waals surface area contributed by atoms with E-state index < -0.39 is 24.1 Å². The summed E-state index contributed by atoms with van der Waals surface area (Å²) in [5, 5.41) is 15.9. The van der Waals surface area contributed by atoms with E-state index in [1.807, 2.05) is 6.92 Å². The fraction of sp³-hybridized carbons (Fsp3) is 0.700. The van der Waals surface area contributed by atoms with Gasteiger partial charge in [-0.25, -0.2) is 14.4 Å². The highest BCUT2D eigenvalue weighted by atomic mass is 16.4. The molecule has 0 aliphatic rings. The molecule has 0 aromatic rings. The first-order chi connectivity index (χ1) is 8.47. The molecule has 0 saturated heterocycles. The first-order valence-corrected chi connectivity index (χ1v) is 5.77. The van der Waals surface area contributed by atoms with Gasteiger partial charge in [0.05, 0.1) is 0 Å². The van der Waals surface area contributed by atoms with Crippen LogP contribution in [-0.2, 0) is 4.79 Å². The summed E-state index contributed by atoms with van der Waals surface area (Å²) in [7, 11) is 0. The van der Waals surface area contributed by atoms with Gasteiger partial charge in [0.1, 0.15) is 6.04 Å². The maximum absolute atomic E-state index is 11.3. The molecule has 104 valence electrons. The van der Waals surface area contributed by atoms with Crippen molar-refractivity contribution < 1.29 is 19.5 Å². The number of carboxylic acids is 1. The number of primary amides is 1. The topological polar surface area (TPSA) is 134 Å². The summed E-state index contributed by atoms with van der Waals surface area (Å²) < 4.78 is 0. The number of aliphatic carboxylic acids is 1. The highest BCUT2D eigenvalue weighted by molar-refractivity contribution is 5.82. The van der Waals surface area contributed by atoms with Gasteiger partial charge in [0.15, 0.2) is 0 Å². The van der Waals surface area contributed by atoms with Crippen LogP contribution in [-0.4, -0.2) is 42.3 Å². The van der Waals surface area contributed by atoms with Crippen LogP contribution in [0.25, 0.3) is 0 Å². The van der Waals surface area contributed by atoms with Crippen LogP contribution in [0.5, 0.6) is 0 Å². The van der Waals surface area contributed by atoms with Crippen LogP contribution in [0.1, 0.15) is 26.2 Å². The molecule has 0 aromatic carbocycles. The fourth-order valence-corrected chi connectivity index (χ4v) is 1.24. The van der Waals surface area contributed by atoms with Gasteiger partial charge in [0.2, 0.25) is 0 Å². The Hall–Kier alpha value is -1.99. The standard InChI is InChI=1S/C10H20N4O4/c1-2-3-4-7(8(15)16)14-10(18)13-6-5-12-9(11)17/h7H,2-6H2,1H3,(H,15,16)(H3,11,12,17)(H2,13,14,18). The first-order valence-electron chi connectivity index (χ1n) is 5.77. The molecule has 0 aromatic heterocycles. The van der Waals surface area contributed by atoms with Crippen molar-refractivity contribution in [1.29, 1.82) is 0 Å². The molecule has 1 unspecified atom stereocenters. The number of rotatable bonds is 8. The molecule has 0 fully saturated rings. The first kappa shape index (κ1) is 16.0. The zero-order chi connectivity index (χ0) is 14.0. The Kier molecular flexibility index (Phi) is 8.08. The van der Waals surface area contributed by atoms with Crippen LogP contribution in [0, 0.1) is 0 Å². The minimum absolute atomic E-state index is 0.175. The maximum atomic E-state index is 11.3. The highest BCUT2D eigenvalue weighted by Gasteiger charge is 2.18. The average Bonchev–Trinajstić information content (AvgIpc) is 2.29. The second-order valence-corrected chi connectivity index (χ2v) is 3.72. The lowest BCUT2D eigenvalue weighted by Gasteiger charge is -2.14. The number of carboxylic acid groups (broad SMARTS) is 1. The van der Waals surface area contributed by atoms with Gasteiger partial charge >= 0.3 is 18.0 Å². The molecule has 0 aliphatic heterocycles. The molecule has 18 heavy (non-hydrogen) atoms. The Morgan fingerprint density at radius 3 is 2.33 bits per heavy atom. The van der Waals surface area contributed by atoms with Crippen molar-refractivity contribution >= 4 is 18.0 Å². The van der Waals surface area contributed by atoms with E-state index in [1.54, 1.807) is 0 Å². The van der Waals surface area contributed by atoms with Gasteiger partial charge in [-0.1, -0.05) is 19.8 Å². The number of urea groups is 2. The molecule has 0 saturated carbocycles. The summed E-state index contributed by atoms with van der Waals surface area (Å²) >= 11 is 0. The lowest BCUT2D eigenvalue weighted by molar-refractivity contribution is -0.139. The van der Waals surface area contributed by atoms with E-state index in [2.05, 4.69) is 16.0 Å². The molecule has 6 N–H and O–H groups in total. The lowest BCUT2D eigenvalue weighted by Crippen LogP contribution is -2.47. The molecule has 8 heteroatoms. The molecule has 4 amide bonds. The number of carbonyl (C=O) groups excluding carboxylic acids is 2. The third kappa shape index (κ3) is 8.20. The van der Waals surface area contributed by atoms with Crippen molar-refractivity contribution in [2.45, 2.75) is 32.2 Å². The summed E-state index contributed by atoms with van der Waals surface area (Å²) in [6.45, 7) is 2.30. The molecular formula is C10H20N4O4. The molecule has 1 atom stereocenters. The van der Waals surface area contributed by atoms with Crippen molar-refractivity contribution in [3.8, 4) is 0 Å². The van der Waals surface area contributed by atoms with E-state index in [-0.39, 0.29) is 13.1 Å². The minimum atomic E-state index is -1.06. The second-order valence-electron chi connectivity index (χ2n) is 3.72. The van der Waals surface area contributed by atoms with Crippen molar-refractivity contribution in [1.82, 2.24) is 16.0 Å². The Balaban J connectivity index is 3.87. The molecule has 0 aliphatic carbocycles. The van der Waals surface area contributed by atoms with Crippen molar-refractivity contribution in [3.63, 3.8) is 0 Å². The largest absolute Gasteiger partial charge is 0.480 e. The van der Waals surface area contributed by atoms with Crippen LogP contribution >= 0.6 is 0 Å². The SMILES string of the molecule is CCCCC(NC(=O)NCCNC(N)=O)C(=O)O. The summed E-state index contributed by atoms with van der Waals surface area (Å²) in [6.07, 6.45) is 1.97. The molecule has 0 heterocycles. The Bertz CT molecular complexity index is 296. The van der Waals surface area contributed by atoms with Gasteiger partial charge in [0.25, 0.3) is 0 Å². The van der Waals surface area contributed by atoms with Crippen LogP contribution in [0.15, 0.2) is 0 Å². The number of nitrogens with two attached hydrogens (primary N) is 1. The monoisotopic (exact) mass is 260 g/mol. The second kappa shape index (κ2) is 9.08. The zero-order valence-corrected chi connectivity index (χ0v) is 10.4. The number of unbranched alkanes of at least 4 members (excludes halogenated alkanes) is 1. The molecular weight excluding hydrogens is 240 g/mol.